The van der Waals surface area contributed by atoms with Crippen molar-refractivity contribution in [1.82, 2.24) is 4.90 Å². The van der Waals surface area contributed by atoms with Gasteiger partial charge in [-0.2, -0.15) is 0 Å². The Morgan fingerprint density at radius 2 is 1.75 bits per heavy atom. The van der Waals surface area contributed by atoms with Gasteiger partial charge in [-0.05, 0) is 47.5 Å². The van der Waals surface area contributed by atoms with Crippen LogP contribution in [0, 0.1) is 0 Å². The van der Waals surface area contributed by atoms with Crippen LogP contribution in [-0.4, -0.2) is 22.7 Å². The normalized spacial score (nSPS) is 16.0. The molecule has 5 heteroatoms. The second-order valence-corrected chi connectivity index (χ2v) is 6.40. The lowest BCUT2D eigenvalue weighted by Crippen LogP contribution is -2.33. The monoisotopic (exact) mass is 338 g/mol. The molecule has 0 spiro atoms. The molecule has 0 radical (unpaired) electrons. The van der Waals surface area contributed by atoms with E-state index in [4.69, 9.17) is 0 Å². The Morgan fingerprint density at radius 1 is 1.04 bits per heavy atom. The van der Waals surface area contributed by atoms with Gasteiger partial charge in [-0.1, -0.05) is 49.4 Å². The maximum Gasteiger partial charge on any atom is 0.295 e. The molecule has 2 amide bonds. The lowest BCUT2D eigenvalue weighted by atomic mass is 10.1. The van der Waals surface area contributed by atoms with Gasteiger partial charge in [0.2, 0.25) is 0 Å². The highest BCUT2D eigenvalue weighted by Crippen LogP contribution is 2.32. The summed E-state index contributed by atoms with van der Waals surface area (Å²) < 4.78 is 0. The first-order valence-corrected chi connectivity index (χ1v) is 8.62. The largest absolute Gasteiger partial charge is 0.367 e. The summed E-state index contributed by atoms with van der Waals surface area (Å²) in [5.41, 5.74) is 3.04. The van der Waals surface area contributed by atoms with Crippen molar-refractivity contribution < 1.29 is 9.59 Å². The van der Waals surface area contributed by atoms with Crippen LogP contribution in [0.25, 0.3) is 6.08 Å². The average molecular weight is 338 g/mol. The van der Waals surface area contributed by atoms with Crippen LogP contribution in [0.5, 0.6) is 0 Å². The van der Waals surface area contributed by atoms with Crippen LogP contribution in [0.3, 0.4) is 0 Å². The lowest BCUT2D eigenvalue weighted by molar-refractivity contribution is -0.122. The summed E-state index contributed by atoms with van der Waals surface area (Å²) in [5, 5.41) is 2.88. The molecule has 2 aromatic carbocycles. The van der Waals surface area contributed by atoms with Gasteiger partial charge in [0.15, 0.2) is 0 Å². The molecule has 1 fully saturated rings. The summed E-state index contributed by atoms with van der Waals surface area (Å²) in [5.74, 6) is -0.258. The van der Waals surface area contributed by atoms with Gasteiger partial charge in [0.1, 0.15) is 0 Å². The van der Waals surface area contributed by atoms with Crippen molar-refractivity contribution in [2.45, 2.75) is 13.3 Å². The molecule has 1 heterocycles. The first-order valence-electron chi connectivity index (χ1n) is 7.80. The van der Waals surface area contributed by atoms with Crippen molar-refractivity contribution in [3.63, 3.8) is 0 Å². The highest BCUT2D eigenvalue weighted by Gasteiger charge is 2.34. The van der Waals surface area contributed by atoms with Crippen molar-refractivity contribution in [1.29, 1.82) is 0 Å². The number of benzene rings is 2. The summed E-state index contributed by atoms with van der Waals surface area (Å²) >= 11 is 0.976. The van der Waals surface area contributed by atoms with Gasteiger partial charge in [-0.3, -0.25) is 14.5 Å². The second-order valence-electron chi connectivity index (χ2n) is 5.41. The summed E-state index contributed by atoms with van der Waals surface area (Å²) in [6.45, 7) is 2.27. The molecule has 0 bridgehead atoms. The van der Waals surface area contributed by atoms with Gasteiger partial charge in [0.05, 0.1) is 11.6 Å². The van der Waals surface area contributed by atoms with Crippen LogP contribution < -0.4 is 5.32 Å². The van der Waals surface area contributed by atoms with Crippen molar-refractivity contribution in [2.24, 2.45) is 0 Å². The summed E-state index contributed by atoms with van der Waals surface area (Å²) in [7, 11) is 0. The fourth-order valence-electron chi connectivity index (χ4n) is 2.37. The molecule has 122 valence electrons. The van der Waals surface area contributed by atoms with E-state index in [-0.39, 0.29) is 17.8 Å². The van der Waals surface area contributed by atoms with Crippen LogP contribution in [-0.2, 0) is 11.2 Å². The maximum absolute atomic E-state index is 12.4. The number of imide groups is 1. The molecule has 3 rings (SSSR count). The Morgan fingerprint density at radius 3 is 2.42 bits per heavy atom. The second kappa shape index (κ2) is 7.36. The quantitative estimate of drug-likeness (QED) is 0.823. The van der Waals surface area contributed by atoms with E-state index >= 15 is 0 Å². The van der Waals surface area contributed by atoms with Crippen LogP contribution in [0.2, 0.25) is 0 Å². The number of hydrogen-bond acceptors (Lipinski definition) is 4. The van der Waals surface area contributed by atoms with Gasteiger partial charge < -0.3 is 5.32 Å². The topological polar surface area (TPSA) is 49.4 Å². The number of carbonyl (C=O) groups is 2. The van der Waals surface area contributed by atoms with E-state index in [1.165, 1.54) is 10.5 Å². The highest BCUT2D eigenvalue weighted by molar-refractivity contribution is 8.18. The van der Waals surface area contributed by atoms with E-state index < -0.39 is 0 Å². The number of amides is 2. The zero-order chi connectivity index (χ0) is 16.9. The molecule has 0 aliphatic carbocycles. The van der Waals surface area contributed by atoms with E-state index in [1.54, 1.807) is 6.08 Å². The molecule has 4 nitrogen and oxygen atoms in total. The van der Waals surface area contributed by atoms with E-state index in [2.05, 4.69) is 12.2 Å². The van der Waals surface area contributed by atoms with E-state index in [1.807, 2.05) is 54.6 Å². The molecule has 2 aromatic rings. The number of anilines is 1. The Balaban J connectivity index is 1.67. The third kappa shape index (κ3) is 3.68. The van der Waals surface area contributed by atoms with Crippen LogP contribution in [0.1, 0.15) is 18.1 Å². The molecule has 0 atom stereocenters. The standard InChI is InChI=1S/C19H18N2O2S/c1-2-14-8-10-16(11-9-14)20-13-21-18(22)17(24-19(21)23)12-15-6-4-3-5-7-15/h3-12,20H,2,13H2,1H3/b17-12+. The predicted molar refractivity (Wildman–Crippen MR) is 98.6 cm³/mol. The molecule has 24 heavy (non-hydrogen) atoms. The van der Waals surface area contributed by atoms with Gasteiger partial charge in [-0.15, -0.1) is 0 Å². The third-order valence-corrected chi connectivity index (χ3v) is 4.68. The van der Waals surface area contributed by atoms with Crippen molar-refractivity contribution >= 4 is 34.7 Å². The molecule has 0 unspecified atom stereocenters. The number of aryl methyl sites for hydroxylation is 1. The number of nitrogens with one attached hydrogen (secondary N) is 1. The molecule has 0 aromatic heterocycles. The molecule has 1 saturated heterocycles. The molecule has 1 N–H and O–H groups in total. The molecular formula is C19H18N2O2S. The van der Waals surface area contributed by atoms with Crippen LogP contribution in [0.4, 0.5) is 10.5 Å². The number of hydrogen-bond donors (Lipinski definition) is 1. The summed E-state index contributed by atoms with van der Waals surface area (Å²) in [6.07, 6.45) is 2.73. The third-order valence-electron chi connectivity index (χ3n) is 3.77. The van der Waals surface area contributed by atoms with E-state index in [0.717, 1.165) is 29.4 Å². The minimum Gasteiger partial charge on any atom is -0.367 e. The SMILES string of the molecule is CCc1ccc(NCN2C(=O)S/C(=C/c3ccccc3)C2=O)cc1. The fourth-order valence-corrected chi connectivity index (χ4v) is 3.20. The Labute approximate surface area is 145 Å². The lowest BCUT2D eigenvalue weighted by Gasteiger charge is -2.14. The van der Waals surface area contributed by atoms with Crippen LogP contribution in [0.15, 0.2) is 59.5 Å². The van der Waals surface area contributed by atoms with E-state index in [9.17, 15) is 9.59 Å². The van der Waals surface area contributed by atoms with Gasteiger partial charge >= 0.3 is 0 Å². The molecular weight excluding hydrogens is 320 g/mol. The maximum atomic E-state index is 12.4. The molecule has 0 saturated carbocycles. The fraction of sp³-hybridized carbons (Fsp3) is 0.158. The van der Waals surface area contributed by atoms with Gasteiger partial charge in [0, 0.05) is 5.69 Å². The minimum atomic E-state index is -0.258. The summed E-state index contributed by atoms with van der Waals surface area (Å²) in [6, 6.07) is 17.5. The summed E-state index contributed by atoms with van der Waals surface area (Å²) in [4.78, 5) is 26.2. The Kier molecular flexibility index (Phi) is 5.01. The minimum absolute atomic E-state index is 0.169. The van der Waals surface area contributed by atoms with Crippen molar-refractivity contribution in [3.8, 4) is 0 Å². The van der Waals surface area contributed by atoms with Crippen LogP contribution >= 0.6 is 11.8 Å². The Hall–Kier alpha value is -2.53. The smallest absolute Gasteiger partial charge is 0.295 e. The zero-order valence-electron chi connectivity index (χ0n) is 13.4. The van der Waals surface area contributed by atoms with Crippen molar-refractivity contribution in [2.75, 3.05) is 12.0 Å². The molecule has 1 aliphatic rings. The Bertz CT molecular complexity index is 770. The first-order chi connectivity index (χ1) is 11.7. The van der Waals surface area contributed by atoms with Gasteiger partial charge in [-0.25, -0.2) is 0 Å². The van der Waals surface area contributed by atoms with Crippen molar-refractivity contribution in [3.05, 3.63) is 70.6 Å². The predicted octanol–water partition coefficient (Wildman–Crippen LogP) is 4.35. The number of rotatable bonds is 5. The highest BCUT2D eigenvalue weighted by atomic mass is 32.2. The van der Waals surface area contributed by atoms with Gasteiger partial charge in [0.25, 0.3) is 11.1 Å². The number of carbonyl (C=O) groups excluding carboxylic acids is 2. The number of thioether (sulfide) groups is 1. The zero-order valence-corrected chi connectivity index (χ0v) is 14.2. The first kappa shape index (κ1) is 16.3. The molecule has 1 aliphatic heterocycles. The van der Waals surface area contributed by atoms with E-state index in [0.29, 0.717) is 4.91 Å². The average Bonchev–Trinajstić information content (AvgIpc) is 2.88. The number of nitrogens with zero attached hydrogens (tertiary/aromatic N) is 1.